The van der Waals surface area contributed by atoms with Crippen molar-refractivity contribution < 1.29 is 37.0 Å². The molecular formula is C40H37N9O8S. The standard InChI is InChI=1S/C24H23N5O4.C16H14N4O4S/c1-25-23(30)21-14-18(9-10-26-21)33-17-7-8-19-16(13-17)15-27-24(28-19)29-20-5-3-4-6-22(20)32-12-11-31-2;1-17-15(21)14-8-12(5-6-18-14)24-11-3-4-13-10(7-11)9-19-16(20-13)25(2,22)23/h3-10,13-15H,11-12H2,1-2H3,(H,25,30)(H,27,28,29);3-9H,1-2H3,(H,17,21). The van der Waals surface area contributed by atoms with Crippen molar-refractivity contribution in [2.75, 3.05) is 46.0 Å². The van der Waals surface area contributed by atoms with Gasteiger partial charge in [-0.1, -0.05) is 12.1 Å². The van der Waals surface area contributed by atoms with Crippen molar-refractivity contribution in [2.24, 2.45) is 0 Å². The van der Waals surface area contributed by atoms with Gasteiger partial charge >= 0.3 is 0 Å². The minimum atomic E-state index is -3.47. The Balaban J connectivity index is 0.000000203. The van der Waals surface area contributed by atoms with Crippen LogP contribution in [0, 0.1) is 0 Å². The highest BCUT2D eigenvalue weighted by atomic mass is 32.2. The van der Waals surface area contributed by atoms with Crippen LogP contribution in [0.2, 0.25) is 0 Å². The Morgan fingerprint density at radius 2 is 1.21 bits per heavy atom. The number of benzene rings is 3. The molecule has 4 heterocycles. The van der Waals surface area contributed by atoms with Crippen LogP contribution in [0.1, 0.15) is 21.0 Å². The maximum absolute atomic E-state index is 11.8. The number of amides is 2. The first-order valence-corrected chi connectivity index (χ1v) is 19.4. The van der Waals surface area contributed by atoms with Gasteiger partial charge in [0.15, 0.2) is 0 Å². The minimum Gasteiger partial charge on any atom is -0.489 e. The second-order valence-corrected chi connectivity index (χ2v) is 14.0. The molecule has 3 aromatic carbocycles. The van der Waals surface area contributed by atoms with Gasteiger partial charge in [-0.2, -0.15) is 0 Å². The van der Waals surface area contributed by atoms with Gasteiger partial charge in [-0.25, -0.2) is 28.4 Å². The summed E-state index contributed by atoms with van der Waals surface area (Å²) in [5.74, 6) is 2.59. The van der Waals surface area contributed by atoms with Crippen LogP contribution in [0.3, 0.4) is 0 Å². The molecule has 0 bridgehead atoms. The van der Waals surface area contributed by atoms with Crippen molar-refractivity contribution in [3.05, 3.63) is 121 Å². The van der Waals surface area contributed by atoms with Crippen molar-refractivity contribution in [1.29, 1.82) is 0 Å². The number of sulfone groups is 1. The lowest BCUT2D eigenvalue weighted by Gasteiger charge is -2.12. The van der Waals surface area contributed by atoms with E-state index in [9.17, 15) is 18.0 Å². The maximum Gasteiger partial charge on any atom is 0.269 e. The Morgan fingerprint density at radius 1 is 0.655 bits per heavy atom. The number of carbonyl (C=O) groups excluding carboxylic acids is 2. The van der Waals surface area contributed by atoms with E-state index in [1.807, 2.05) is 36.4 Å². The molecule has 0 saturated heterocycles. The van der Waals surface area contributed by atoms with E-state index in [0.717, 1.165) is 22.8 Å². The summed E-state index contributed by atoms with van der Waals surface area (Å²) in [5.41, 5.74) is 2.52. The summed E-state index contributed by atoms with van der Waals surface area (Å²) in [6, 6.07) is 24.5. The highest BCUT2D eigenvalue weighted by Crippen LogP contribution is 2.29. The second-order valence-electron chi connectivity index (χ2n) is 12.1. The molecule has 7 rings (SSSR count). The lowest BCUT2D eigenvalue weighted by molar-refractivity contribution is 0.0950. The number of pyridine rings is 2. The summed E-state index contributed by atoms with van der Waals surface area (Å²) in [6.07, 6.45) is 7.20. The molecule has 296 valence electrons. The number of anilines is 2. The van der Waals surface area contributed by atoms with Gasteiger partial charge in [0.2, 0.25) is 20.9 Å². The molecule has 18 heteroatoms. The Bertz CT molecular complexity index is 2700. The fourth-order valence-corrected chi connectivity index (χ4v) is 5.66. The fourth-order valence-electron chi connectivity index (χ4n) is 5.15. The SMILES string of the molecule is CNC(=O)c1cc(Oc2ccc3nc(Nc4ccccc4OCCOC)ncc3c2)ccn1.CNC(=O)c1cc(Oc2ccc3nc(S(C)(=O)=O)ncc3c2)ccn1. The van der Waals surface area contributed by atoms with Crippen LogP contribution in [-0.4, -0.2) is 90.8 Å². The predicted octanol–water partition coefficient (Wildman–Crippen LogP) is 5.53. The van der Waals surface area contributed by atoms with Crippen molar-refractivity contribution >= 4 is 55.1 Å². The molecule has 0 aliphatic rings. The summed E-state index contributed by atoms with van der Waals surface area (Å²) in [4.78, 5) is 48.3. The van der Waals surface area contributed by atoms with Crippen molar-refractivity contribution in [1.82, 2.24) is 40.5 Å². The second kappa shape index (κ2) is 18.5. The Hall–Kier alpha value is -7.31. The average Bonchev–Trinajstić information content (AvgIpc) is 3.23. The van der Waals surface area contributed by atoms with Gasteiger partial charge in [-0.3, -0.25) is 19.6 Å². The number of ether oxygens (including phenoxy) is 4. The molecule has 58 heavy (non-hydrogen) atoms. The summed E-state index contributed by atoms with van der Waals surface area (Å²) >= 11 is 0. The van der Waals surface area contributed by atoms with E-state index < -0.39 is 9.84 Å². The number of nitrogens with zero attached hydrogens (tertiary/aromatic N) is 6. The quantitative estimate of drug-likeness (QED) is 0.0965. The molecule has 0 aliphatic carbocycles. The summed E-state index contributed by atoms with van der Waals surface area (Å²) in [7, 11) is 1.24. The monoisotopic (exact) mass is 803 g/mol. The van der Waals surface area contributed by atoms with Crippen LogP contribution in [0.15, 0.2) is 115 Å². The van der Waals surface area contributed by atoms with E-state index in [-0.39, 0.29) is 28.4 Å². The molecule has 4 aromatic heterocycles. The van der Waals surface area contributed by atoms with Gasteiger partial charge in [0.25, 0.3) is 11.8 Å². The lowest BCUT2D eigenvalue weighted by atomic mass is 10.2. The minimum absolute atomic E-state index is 0.224. The van der Waals surface area contributed by atoms with E-state index in [2.05, 4.69) is 45.9 Å². The van der Waals surface area contributed by atoms with E-state index >= 15 is 0 Å². The number of aromatic nitrogens is 6. The number of rotatable bonds is 13. The van der Waals surface area contributed by atoms with Crippen LogP contribution in [0.5, 0.6) is 28.7 Å². The topological polar surface area (TPSA) is 219 Å². The van der Waals surface area contributed by atoms with Gasteiger partial charge in [0, 0.05) is 75.2 Å². The largest absolute Gasteiger partial charge is 0.489 e. The van der Waals surface area contributed by atoms with Gasteiger partial charge in [-0.05, 0) is 60.7 Å². The van der Waals surface area contributed by atoms with Crippen LogP contribution in [-0.2, 0) is 14.6 Å². The van der Waals surface area contributed by atoms with Gasteiger partial charge in [-0.15, -0.1) is 0 Å². The molecule has 7 aromatic rings. The fraction of sp³-hybridized carbons (Fsp3) is 0.150. The summed E-state index contributed by atoms with van der Waals surface area (Å²) in [5, 5.41) is 9.45. The van der Waals surface area contributed by atoms with Crippen LogP contribution in [0.25, 0.3) is 21.8 Å². The molecule has 0 saturated carbocycles. The van der Waals surface area contributed by atoms with E-state index in [0.29, 0.717) is 58.8 Å². The summed E-state index contributed by atoms with van der Waals surface area (Å²) in [6.45, 7) is 0.941. The van der Waals surface area contributed by atoms with Gasteiger partial charge < -0.3 is 34.9 Å². The van der Waals surface area contributed by atoms with Crippen LogP contribution >= 0.6 is 0 Å². The number of fused-ring (bicyclic) bond motifs is 2. The Kier molecular flexibility index (Phi) is 12.9. The van der Waals surface area contributed by atoms with Crippen LogP contribution < -0.4 is 30.2 Å². The third-order valence-electron chi connectivity index (χ3n) is 7.94. The van der Waals surface area contributed by atoms with E-state index in [1.54, 1.807) is 62.8 Å². The molecule has 0 unspecified atom stereocenters. The van der Waals surface area contributed by atoms with Crippen molar-refractivity contribution in [3.8, 4) is 28.7 Å². The van der Waals surface area contributed by atoms with E-state index in [4.69, 9.17) is 18.9 Å². The van der Waals surface area contributed by atoms with Crippen molar-refractivity contribution in [3.63, 3.8) is 0 Å². The molecule has 3 N–H and O–H groups in total. The Morgan fingerprint density at radius 3 is 1.78 bits per heavy atom. The average molecular weight is 804 g/mol. The number of carbonyl (C=O) groups is 2. The predicted molar refractivity (Wildman–Crippen MR) is 215 cm³/mol. The number of hydrogen-bond donors (Lipinski definition) is 3. The zero-order valence-corrected chi connectivity index (χ0v) is 32.5. The third kappa shape index (κ3) is 10.5. The molecule has 2 amide bonds. The zero-order valence-electron chi connectivity index (χ0n) is 31.7. The number of nitrogens with one attached hydrogen (secondary N) is 3. The van der Waals surface area contributed by atoms with Gasteiger partial charge in [0.05, 0.1) is 23.3 Å². The molecule has 0 radical (unpaired) electrons. The smallest absolute Gasteiger partial charge is 0.269 e. The molecule has 0 fully saturated rings. The van der Waals surface area contributed by atoms with Gasteiger partial charge in [0.1, 0.15) is 46.7 Å². The van der Waals surface area contributed by atoms with Crippen molar-refractivity contribution in [2.45, 2.75) is 5.16 Å². The highest BCUT2D eigenvalue weighted by Gasteiger charge is 2.13. The third-order valence-corrected chi connectivity index (χ3v) is 8.80. The first-order chi connectivity index (χ1) is 28.0. The first-order valence-electron chi connectivity index (χ1n) is 17.5. The first kappa shape index (κ1) is 40.4. The summed E-state index contributed by atoms with van der Waals surface area (Å²) < 4.78 is 45.4. The molecule has 17 nitrogen and oxygen atoms in total. The maximum atomic E-state index is 11.8. The Labute approximate surface area is 332 Å². The van der Waals surface area contributed by atoms with E-state index in [1.165, 1.54) is 31.7 Å². The highest BCUT2D eigenvalue weighted by molar-refractivity contribution is 7.90. The molecule has 0 aliphatic heterocycles. The molecule has 0 spiro atoms. The number of hydrogen-bond acceptors (Lipinski definition) is 15. The lowest BCUT2D eigenvalue weighted by Crippen LogP contribution is -2.18. The number of para-hydroxylation sites is 2. The molecular weight excluding hydrogens is 767 g/mol. The number of methoxy groups -OCH3 is 1. The van der Waals surface area contributed by atoms with Crippen LogP contribution in [0.4, 0.5) is 11.6 Å². The zero-order chi connectivity index (χ0) is 41.1. The normalized spacial score (nSPS) is 10.9. The molecule has 0 atom stereocenters.